The fourth-order valence-corrected chi connectivity index (χ4v) is 2.42. The summed E-state index contributed by atoms with van der Waals surface area (Å²) in [6.07, 6.45) is 3.13. The predicted octanol–water partition coefficient (Wildman–Crippen LogP) is 5.49. The first kappa shape index (κ1) is 14.6. The monoisotopic (exact) mass is 402 g/mol. The van der Waals surface area contributed by atoms with Gasteiger partial charge in [-0.2, -0.15) is 0 Å². The average molecular weight is 403 g/mol. The summed E-state index contributed by atoms with van der Waals surface area (Å²) in [5.74, 6) is -0.0765. The molecule has 0 bridgehead atoms. The highest BCUT2D eigenvalue weighted by atomic mass is 127. The van der Waals surface area contributed by atoms with E-state index in [1.165, 1.54) is 6.08 Å². The second-order valence-corrected chi connectivity index (χ2v) is 5.90. The number of rotatable bonds is 3. The van der Waals surface area contributed by atoms with Crippen LogP contribution in [0.1, 0.15) is 15.9 Å². The molecular weight excluding hydrogens is 394 g/mol. The molecule has 0 radical (unpaired) electrons. The Morgan fingerprint density at radius 1 is 1.00 bits per heavy atom. The number of carbonyl (C=O) groups excluding carboxylic acids is 1. The number of hydrogen-bond acceptors (Lipinski definition) is 1. The molecule has 0 aliphatic rings. The zero-order valence-corrected chi connectivity index (χ0v) is 13.4. The molecule has 0 N–H and O–H groups in total. The predicted molar refractivity (Wildman–Crippen MR) is 89.0 cm³/mol. The van der Waals surface area contributed by atoms with Crippen molar-refractivity contribution in [3.8, 4) is 0 Å². The van der Waals surface area contributed by atoms with Crippen LogP contribution >= 0.6 is 45.8 Å². The quantitative estimate of drug-likeness (QED) is 0.376. The van der Waals surface area contributed by atoms with Crippen LogP contribution in [0.15, 0.2) is 48.5 Å². The van der Waals surface area contributed by atoms with Gasteiger partial charge in [0.2, 0.25) is 0 Å². The van der Waals surface area contributed by atoms with Gasteiger partial charge in [0.05, 0.1) is 0 Å². The summed E-state index contributed by atoms with van der Waals surface area (Å²) in [5, 5.41) is 1.05. The van der Waals surface area contributed by atoms with Gasteiger partial charge < -0.3 is 0 Å². The van der Waals surface area contributed by atoms with Crippen LogP contribution in [0.5, 0.6) is 0 Å². The van der Waals surface area contributed by atoms with Crippen molar-refractivity contribution >= 4 is 57.7 Å². The second-order valence-electron chi connectivity index (χ2n) is 3.84. The maximum atomic E-state index is 12.0. The van der Waals surface area contributed by atoms with Crippen LogP contribution in [0.2, 0.25) is 10.0 Å². The van der Waals surface area contributed by atoms with Crippen LogP contribution in [-0.2, 0) is 0 Å². The largest absolute Gasteiger partial charge is 0.289 e. The Morgan fingerprint density at radius 2 is 1.58 bits per heavy atom. The molecule has 19 heavy (non-hydrogen) atoms. The Balaban J connectivity index is 2.23. The summed E-state index contributed by atoms with van der Waals surface area (Å²) in [4.78, 5) is 12.0. The fourth-order valence-electron chi connectivity index (χ4n) is 1.54. The molecule has 0 saturated heterocycles. The molecule has 2 aromatic rings. The van der Waals surface area contributed by atoms with Gasteiger partial charge in [-0.05, 0) is 59.0 Å². The van der Waals surface area contributed by atoms with Crippen LogP contribution in [0, 0.1) is 3.57 Å². The zero-order chi connectivity index (χ0) is 13.8. The molecule has 2 aromatic carbocycles. The van der Waals surface area contributed by atoms with E-state index < -0.39 is 0 Å². The summed E-state index contributed by atoms with van der Waals surface area (Å²) < 4.78 is 1.09. The van der Waals surface area contributed by atoms with Crippen LogP contribution in [0.25, 0.3) is 6.08 Å². The SMILES string of the molecule is O=C(C=Cc1c(Cl)cccc1Cl)c1ccc(I)cc1. The van der Waals surface area contributed by atoms with E-state index in [1.807, 2.05) is 12.1 Å². The molecule has 1 nitrogen and oxygen atoms in total. The van der Waals surface area contributed by atoms with Crippen LogP contribution in [0.3, 0.4) is 0 Å². The highest BCUT2D eigenvalue weighted by molar-refractivity contribution is 14.1. The Hall–Kier alpha value is -0.840. The number of allylic oxidation sites excluding steroid dienone is 1. The van der Waals surface area contributed by atoms with Gasteiger partial charge >= 0.3 is 0 Å². The van der Waals surface area contributed by atoms with E-state index in [1.54, 1.807) is 36.4 Å². The molecule has 4 heteroatoms. The van der Waals surface area contributed by atoms with Gasteiger partial charge in [-0.3, -0.25) is 4.79 Å². The van der Waals surface area contributed by atoms with Crippen molar-refractivity contribution in [3.63, 3.8) is 0 Å². The average Bonchev–Trinajstić information content (AvgIpc) is 2.38. The maximum Gasteiger partial charge on any atom is 0.185 e. The van der Waals surface area contributed by atoms with E-state index in [0.29, 0.717) is 21.2 Å². The molecular formula is C15H9Cl2IO. The molecule has 0 unspecified atom stereocenters. The third kappa shape index (κ3) is 3.81. The van der Waals surface area contributed by atoms with E-state index in [9.17, 15) is 4.79 Å². The van der Waals surface area contributed by atoms with Gasteiger partial charge in [0.15, 0.2) is 5.78 Å². The summed E-state index contributed by atoms with van der Waals surface area (Å²) in [6.45, 7) is 0. The number of carbonyl (C=O) groups is 1. The Bertz CT molecular complexity index is 613. The van der Waals surface area contributed by atoms with E-state index in [2.05, 4.69) is 22.6 Å². The molecule has 0 aromatic heterocycles. The molecule has 0 atom stereocenters. The lowest BCUT2D eigenvalue weighted by atomic mass is 10.1. The fraction of sp³-hybridized carbons (Fsp3) is 0. The first-order valence-corrected chi connectivity index (χ1v) is 7.33. The molecule has 0 saturated carbocycles. The summed E-state index contributed by atoms with van der Waals surface area (Å²) in [6, 6.07) is 12.6. The van der Waals surface area contributed by atoms with Crippen LogP contribution in [0.4, 0.5) is 0 Å². The van der Waals surface area contributed by atoms with Gasteiger partial charge in [0.25, 0.3) is 0 Å². The van der Waals surface area contributed by atoms with Crippen LogP contribution in [-0.4, -0.2) is 5.78 Å². The van der Waals surface area contributed by atoms with Crippen molar-refractivity contribution < 1.29 is 4.79 Å². The Labute approximate surface area is 135 Å². The second kappa shape index (κ2) is 6.55. The van der Waals surface area contributed by atoms with E-state index in [0.717, 1.165) is 3.57 Å². The standard InChI is InChI=1S/C15H9Cl2IO/c16-13-2-1-3-14(17)12(13)8-9-15(19)10-4-6-11(18)7-5-10/h1-9H. The van der Waals surface area contributed by atoms with E-state index >= 15 is 0 Å². The normalized spacial score (nSPS) is 10.9. The molecule has 2 rings (SSSR count). The smallest absolute Gasteiger partial charge is 0.185 e. The third-order valence-corrected chi connectivity index (χ3v) is 3.91. The third-order valence-electron chi connectivity index (χ3n) is 2.53. The number of ketones is 1. The molecule has 0 amide bonds. The van der Waals surface area contributed by atoms with Crippen molar-refractivity contribution in [1.29, 1.82) is 0 Å². The van der Waals surface area contributed by atoms with E-state index in [-0.39, 0.29) is 5.78 Å². The lowest BCUT2D eigenvalue weighted by molar-refractivity contribution is 0.104. The Kier molecular flexibility index (Phi) is 5.02. The maximum absolute atomic E-state index is 12.0. The highest BCUT2D eigenvalue weighted by Gasteiger charge is 2.04. The summed E-state index contributed by atoms with van der Waals surface area (Å²) >= 11 is 14.3. The van der Waals surface area contributed by atoms with Crippen molar-refractivity contribution in [3.05, 3.63) is 73.3 Å². The lowest BCUT2D eigenvalue weighted by Gasteiger charge is -2.01. The topological polar surface area (TPSA) is 17.1 Å². The van der Waals surface area contributed by atoms with Gasteiger partial charge in [-0.1, -0.05) is 41.4 Å². The molecule has 0 heterocycles. The van der Waals surface area contributed by atoms with Gasteiger partial charge in [-0.25, -0.2) is 0 Å². The van der Waals surface area contributed by atoms with Crippen molar-refractivity contribution in [2.45, 2.75) is 0 Å². The first-order chi connectivity index (χ1) is 9.08. The molecule has 96 valence electrons. The van der Waals surface area contributed by atoms with Gasteiger partial charge in [-0.15, -0.1) is 0 Å². The number of hydrogen-bond donors (Lipinski definition) is 0. The van der Waals surface area contributed by atoms with Crippen molar-refractivity contribution in [2.24, 2.45) is 0 Å². The Morgan fingerprint density at radius 3 is 2.16 bits per heavy atom. The highest BCUT2D eigenvalue weighted by Crippen LogP contribution is 2.25. The molecule has 0 spiro atoms. The summed E-state index contributed by atoms with van der Waals surface area (Å²) in [5.41, 5.74) is 1.30. The van der Waals surface area contributed by atoms with Crippen molar-refractivity contribution in [2.75, 3.05) is 0 Å². The first-order valence-electron chi connectivity index (χ1n) is 5.50. The van der Waals surface area contributed by atoms with Crippen molar-refractivity contribution in [1.82, 2.24) is 0 Å². The molecule has 0 aliphatic carbocycles. The summed E-state index contributed by atoms with van der Waals surface area (Å²) in [7, 11) is 0. The number of benzene rings is 2. The molecule has 0 fully saturated rings. The minimum Gasteiger partial charge on any atom is -0.289 e. The van der Waals surface area contributed by atoms with E-state index in [4.69, 9.17) is 23.2 Å². The minimum absolute atomic E-state index is 0.0765. The number of halogens is 3. The van der Waals surface area contributed by atoms with Crippen LogP contribution < -0.4 is 0 Å². The van der Waals surface area contributed by atoms with Gasteiger partial charge in [0.1, 0.15) is 0 Å². The van der Waals surface area contributed by atoms with Gasteiger partial charge in [0, 0.05) is 24.7 Å². The molecule has 0 aliphatic heterocycles. The zero-order valence-electron chi connectivity index (χ0n) is 9.74. The minimum atomic E-state index is -0.0765. The lowest BCUT2D eigenvalue weighted by Crippen LogP contribution is -1.93.